The first-order valence-electron chi connectivity index (χ1n) is 8.53. The standard InChI is InChI=1S/C18H22FN3O3S/c1-13-17(26(24,25)20-15-8-6-14(19)7-9-15)12-16(21(13)2)18(23)22-10-4-3-5-11-22/h6-9,12,20H,3-5,10-11H2,1-2H3. The van der Waals surface area contributed by atoms with Gasteiger partial charge < -0.3 is 9.47 Å². The Labute approximate surface area is 152 Å². The molecule has 2 aromatic rings. The SMILES string of the molecule is Cc1c(S(=O)(=O)Nc2ccc(F)cc2)cc(C(=O)N2CCCCC2)n1C. The van der Waals surface area contributed by atoms with Crippen molar-refractivity contribution in [3.05, 3.63) is 47.5 Å². The van der Waals surface area contributed by atoms with Gasteiger partial charge in [-0.2, -0.15) is 0 Å². The van der Waals surface area contributed by atoms with Crippen LogP contribution in [-0.2, 0) is 17.1 Å². The molecule has 1 aliphatic rings. The first-order chi connectivity index (χ1) is 12.3. The number of rotatable bonds is 4. The first kappa shape index (κ1) is 18.4. The Hall–Kier alpha value is -2.35. The fraction of sp³-hybridized carbons (Fsp3) is 0.389. The number of aromatic nitrogens is 1. The molecule has 1 saturated heterocycles. The quantitative estimate of drug-likeness (QED) is 0.888. The van der Waals surface area contributed by atoms with E-state index in [9.17, 15) is 17.6 Å². The van der Waals surface area contributed by atoms with Gasteiger partial charge in [0.2, 0.25) is 0 Å². The van der Waals surface area contributed by atoms with E-state index < -0.39 is 15.8 Å². The topological polar surface area (TPSA) is 71.4 Å². The number of likely N-dealkylation sites (tertiary alicyclic amines) is 1. The molecule has 0 bridgehead atoms. The highest BCUT2D eigenvalue weighted by Gasteiger charge is 2.27. The van der Waals surface area contributed by atoms with Crippen molar-refractivity contribution in [3.63, 3.8) is 0 Å². The highest BCUT2D eigenvalue weighted by Crippen LogP contribution is 2.24. The van der Waals surface area contributed by atoms with Crippen molar-refractivity contribution in [1.82, 2.24) is 9.47 Å². The molecule has 0 atom stereocenters. The molecule has 0 aliphatic carbocycles. The zero-order chi connectivity index (χ0) is 18.9. The maximum atomic E-state index is 13.0. The highest BCUT2D eigenvalue weighted by atomic mass is 32.2. The van der Waals surface area contributed by atoms with Crippen LogP contribution in [0.15, 0.2) is 35.2 Å². The number of amides is 1. The monoisotopic (exact) mass is 379 g/mol. The molecule has 1 aliphatic heterocycles. The van der Waals surface area contributed by atoms with Crippen LogP contribution in [0.25, 0.3) is 0 Å². The molecule has 0 unspecified atom stereocenters. The van der Waals surface area contributed by atoms with Crippen molar-refractivity contribution in [1.29, 1.82) is 0 Å². The van der Waals surface area contributed by atoms with Crippen LogP contribution in [-0.4, -0.2) is 36.9 Å². The Kier molecular flexibility index (Phi) is 5.04. The summed E-state index contributed by atoms with van der Waals surface area (Å²) in [4.78, 5) is 14.6. The summed E-state index contributed by atoms with van der Waals surface area (Å²) in [7, 11) is -2.20. The van der Waals surface area contributed by atoms with Crippen LogP contribution in [0.4, 0.5) is 10.1 Å². The van der Waals surface area contributed by atoms with Crippen molar-refractivity contribution in [3.8, 4) is 0 Å². The van der Waals surface area contributed by atoms with Gasteiger partial charge in [-0.1, -0.05) is 0 Å². The van der Waals surface area contributed by atoms with Crippen molar-refractivity contribution >= 4 is 21.6 Å². The number of hydrogen-bond acceptors (Lipinski definition) is 3. The van der Waals surface area contributed by atoms with Gasteiger partial charge in [-0.3, -0.25) is 9.52 Å². The number of anilines is 1. The number of benzene rings is 1. The Morgan fingerprint density at radius 1 is 1.12 bits per heavy atom. The molecular formula is C18H22FN3O3S. The van der Waals surface area contributed by atoms with Gasteiger partial charge in [0.15, 0.2) is 0 Å². The lowest BCUT2D eigenvalue weighted by molar-refractivity contribution is 0.0714. The molecule has 1 fully saturated rings. The van der Waals surface area contributed by atoms with Crippen molar-refractivity contribution < 1.29 is 17.6 Å². The van der Waals surface area contributed by atoms with Crippen LogP contribution in [0.5, 0.6) is 0 Å². The minimum absolute atomic E-state index is 0.0460. The van der Waals surface area contributed by atoms with Gasteiger partial charge in [0.25, 0.3) is 15.9 Å². The maximum absolute atomic E-state index is 13.0. The summed E-state index contributed by atoms with van der Waals surface area (Å²) in [5.74, 6) is -0.600. The van der Waals surface area contributed by atoms with E-state index in [1.807, 2.05) is 0 Å². The summed E-state index contributed by atoms with van der Waals surface area (Å²) in [5.41, 5.74) is 1.09. The van der Waals surface area contributed by atoms with Crippen LogP contribution in [0.1, 0.15) is 35.4 Å². The second-order valence-electron chi connectivity index (χ2n) is 6.50. The molecule has 0 saturated carbocycles. The van der Waals surface area contributed by atoms with Gasteiger partial charge in [-0.15, -0.1) is 0 Å². The largest absolute Gasteiger partial charge is 0.343 e. The lowest BCUT2D eigenvalue weighted by atomic mass is 10.1. The molecule has 140 valence electrons. The van der Waals surface area contributed by atoms with E-state index in [0.29, 0.717) is 24.5 Å². The molecule has 0 spiro atoms. The van der Waals surface area contributed by atoms with Crippen LogP contribution in [0.3, 0.4) is 0 Å². The molecule has 1 amide bonds. The van der Waals surface area contributed by atoms with Crippen LogP contribution < -0.4 is 4.72 Å². The van der Waals surface area contributed by atoms with Gasteiger partial charge in [0, 0.05) is 31.5 Å². The van der Waals surface area contributed by atoms with Crippen molar-refractivity contribution in [2.75, 3.05) is 17.8 Å². The van der Waals surface area contributed by atoms with E-state index in [0.717, 1.165) is 19.3 Å². The summed E-state index contributed by atoms with van der Waals surface area (Å²) in [6.45, 7) is 3.05. The zero-order valence-corrected chi connectivity index (χ0v) is 15.6. The molecule has 6 nitrogen and oxygen atoms in total. The van der Waals surface area contributed by atoms with Crippen LogP contribution >= 0.6 is 0 Å². The second-order valence-corrected chi connectivity index (χ2v) is 8.15. The number of nitrogens with one attached hydrogen (secondary N) is 1. The fourth-order valence-electron chi connectivity index (χ4n) is 3.14. The van der Waals surface area contributed by atoms with Gasteiger partial charge in [0.1, 0.15) is 16.4 Å². The minimum Gasteiger partial charge on any atom is -0.343 e. The summed E-state index contributed by atoms with van der Waals surface area (Å²) in [6.07, 6.45) is 3.04. The van der Waals surface area contributed by atoms with Gasteiger partial charge >= 0.3 is 0 Å². The fourth-order valence-corrected chi connectivity index (χ4v) is 4.48. The number of nitrogens with zero attached hydrogens (tertiary/aromatic N) is 2. The third-order valence-electron chi connectivity index (χ3n) is 4.74. The van der Waals surface area contributed by atoms with Crippen molar-refractivity contribution in [2.45, 2.75) is 31.1 Å². The molecular weight excluding hydrogens is 357 g/mol. The van der Waals surface area contributed by atoms with Crippen LogP contribution in [0, 0.1) is 12.7 Å². The third kappa shape index (κ3) is 3.60. The molecule has 1 aromatic heterocycles. The molecule has 2 heterocycles. The normalized spacial score (nSPS) is 15.1. The number of halogens is 1. The summed E-state index contributed by atoms with van der Waals surface area (Å²) < 4.78 is 42.5. The average molecular weight is 379 g/mol. The molecule has 3 rings (SSSR count). The van der Waals surface area contributed by atoms with E-state index in [4.69, 9.17) is 0 Å². The number of carbonyl (C=O) groups is 1. The van der Waals surface area contributed by atoms with E-state index in [1.165, 1.54) is 30.3 Å². The first-order valence-corrected chi connectivity index (χ1v) is 10.0. The Morgan fingerprint density at radius 3 is 2.35 bits per heavy atom. The van der Waals surface area contributed by atoms with Gasteiger partial charge in [-0.25, -0.2) is 12.8 Å². The highest BCUT2D eigenvalue weighted by molar-refractivity contribution is 7.92. The Bertz CT molecular complexity index is 914. The summed E-state index contributed by atoms with van der Waals surface area (Å²) in [5, 5.41) is 0. The Balaban J connectivity index is 1.90. The smallest absolute Gasteiger partial charge is 0.270 e. The summed E-state index contributed by atoms with van der Waals surface area (Å²) in [6, 6.07) is 6.48. The van der Waals surface area contributed by atoms with Gasteiger partial charge in [0.05, 0.1) is 0 Å². The molecule has 0 radical (unpaired) electrons. The number of carbonyl (C=O) groups excluding carboxylic acids is 1. The number of sulfonamides is 1. The maximum Gasteiger partial charge on any atom is 0.270 e. The van der Waals surface area contributed by atoms with Crippen LogP contribution in [0.2, 0.25) is 0 Å². The zero-order valence-electron chi connectivity index (χ0n) is 14.8. The number of hydrogen-bond donors (Lipinski definition) is 1. The average Bonchev–Trinajstić information content (AvgIpc) is 2.93. The Morgan fingerprint density at radius 2 is 1.73 bits per heavy atom. The summed E-state index contributed by atoms with van der Waals surface area (Å²) >= 11 is 0. The minimum atomic E-state index is -3.89. The number of piperidine rings is 1. The predicted octanol–water partition coefficient (Wildman–Crippen LogP) is 2.90. The van der Waals surface area contributed by atoms with E-state index in [1.54, 1.807) is 23.4 Å². The van der Waals surface area contributed by atoms with Crippen molar-refractivity contribution in [2.24, 2.45) is 7.05 Å². The van der Waals surface area contributed by atoms with Gasteiger partial charge in [-0.05, 0) is 56.5 Å². The molecule has 8 heteroatoms. The third-order valence-corrected chi connectivity index (χ3v) is 6.23. The molecule has 1 aromatic carbocycles. The molecule has 26 heavy (non-hydrogen) atoms. The van der Waals surface area contributed by atoms with E-state index in [-0.39, 0.29) is 16.5 Å². The van der Waals surface area contributed by atoms with E-state index >= 15 is 0 Å². The predicted molar refractivity (Wildman–Crippen MR) is 97.1 cm³/mol. The molecule has 1 N–H and O–H groups in total. The van der Waals surface area contributed by atoms with E-state index in [2.05, 4.69) is 4.72 Å². The lowest BCUT2D eigenvalue weighted by Crippen LogP contribution is -2.36. The lowest BCUT2D eigenvalue weighted by Gasteiger charge is -2.26. The second kappa shape index (κ2) is 7.11.